The third-order valence-corrected chi connectivity index (χ3v) is 4.68. The Kier molecular flexibility index (Phi) is 4.80. The molecule has 7 nitrogen and oxygen atoms in total. The Morgan fingerprint density at radius 3 is 2.34 bits per heavy atom. The van der Waals surface area contributed by atoms with Crippen LogP contribution in [0.15, 0.2) is 46.9 Å². The van der Waals surface area contributed by atoms with E-state index in [0.717, 1.165) is 28.0 Å². The Labute approximate surface area is 167 Å². The molecule has 7 heteroatoms. The van der Waals surface area contributed by atoms with E-state index in [0.29, 0.717) is 17.0 Å². The number of carbonyl (C=O) groups excluding carboxylic acids is 1. The summed E-state index contributed by atoms with van der Waals surface area (Å²) in [5, 5.41) is 8.07. The van der Waals surface area contributed by atoms with Crippen LogP contribution in [0.1, 0.15) is 46.2 Å². The molecule has 0 spiro atoms. The van der Waals surface area contributed by atoms with Crippen LogP contribution < -0.4 is 0 Å². The Hall–Kier alpha value is -3.61. The van der Waals surface area contributed by atoms with Crippen LogP contribution in [-0.2, 0) is 4.74 Å². The number of benzene rings is 2. The molecule has 0 saturated heterocycles. The fraction of sp³-hybridized carbons (Fsp3) is 0.227. The minimum atomic E-state index is -0.685. The summed E-state index contributed by atoms with van der Waals surface area (Å²) in [6.07, 6.45) is -0.685. The Morgan fingerprint density at radius 2 is 1.62 bits per heavy atom. The number of hydrogen-bond donors (Lipinski definition) is 0. The zero-order chi connectivity index (χ0) is 20.5. The summed E-state index contributed by atoms with van der Waals surface area (Å²) < 4.78 is 11.2. The first-order valence-corrected chi connectivity index (χ1v) is 9.27. The zero-order valence-electron chi connectivity index (χ0n) is 16.6. The van der Waals surface area contributed by atoms with Crippen LogP contribution in [0.2, 0.25) is 0 Å². The number of fused-ring (bicyclic) bond motifs is 1. The number of esters is 1. The summed E-state index contributed by atoms with van der Waals surface area (Å²) in [5.74, 6) is 0.130. The van der Waals surface area contributed by atoms with Crippen LogP contribution in [0.3, 0.4) is 0 Å². The second-order valence-corrected chi connectivity index (χ2v) is 6.96. The van der Waals surface area contributed by atoms with E-state index in [1.165, 1.54) is 0 Å². The van der Waals surface area contributed by atoms with Crippen LogP contribution in [-0.4, -0.2) is 26.1 Å². The molecule has 29 heavy (non-hydrogen) atoms. The summed E-state index contributed by atoms with van der Waals surface area (Å²) in [5.41, 5.74) is 5.41. The summed E-state index contributed by atoms with van der Waals surface area (Å²) in [6.45, 7) is 7.49. The molecule has 0 saturated carbocycles. The Morgan fingerprint density at radius 1 is 0.931 bits per heavy atom. The van der Waals surface area contributed by atoms with Gasteiger partial charge in [0.15, 0.2) is 6.10 Å². The predicted octanol–water partition coefficient (Wildman–Crippen LogP) is 4.52. The molecule has 2 heterocycles. The zero-order valence-corrected chi connectivity index (χ0v) is 16.6. The van der Waals surface area contributed by atoms with Crippen molar-refractivity contribution in [2.45, 2.75) is 33.8 Å². The molecular formula is C22H20N4O3. The number of rotatable bonds is 4. The van der Waals surface area contributed by atoms with Crippen LogP contribution in [0, 0.1) is 20.8 Å². The third kappa shape index (κ3) is 3.85. The van der Waals surface area contributed by atoms with Gasteiger partial charge in [-0.3, -0.25) is 0 Å². The van der Waals surface area contributed by atoms with Crippen molar-refractivity contribution in [1.82, 2.24) is 20.2 Å². The second-order valence-electron chi connectivity index (χ2n) is 6.96. The van der Waals surface area contributed by atoms with Gasteiger partial charge in [0.2, 0.25) is 5.89 Å². The maximum absolute atomic E-state index is 12.6. The van der Waals surface area contributed by atoms with Crippen LogP contribution in [0.5, 0.6) is 0 Å². The summed E-state index contributed by atoms with van der Waals surface area (Å²) >= 11 is 0. The van der Waals surface area contributed by atoms with Gasteiger partial charge in [-0.15, -0.1) is 10.2 Å². The molecule has 0 N–H and O–H groups in total. The summed E-state index contributed by atoms with van der Waals surface area (Å²) in [6, 6.07) is 12.9. The van der Waals surface area contributed by atoms with E-state index >= 15 is 0 Å². The minimum absolute atomic E-state index is 0.237. The first-order chi connectivity index (χ1) is 13.9. The average Bonchev–Trinajstić information content (AvgIpc) is 3.19. The molecule has 0 radical (unpaired) electrons. The molecule has 4 aromatic rings. The highest BCUT2D eigenvalue weighted by molar-refractivity contribution is 5.93. The van der Waals surface area contributed by atoms with Gasteiger partial charge >= 0.3 is 5.97 Å². The lowest BCUT2D eigenvalue weighted by Crippen LogP contribution is -2.10. The molecule has 0 bridgehead atoms. The molecule has 0 aliphatic rings. The van der Waals surface area contributed by atoms with Gasteiger partial charge in [0.05, 0.1) is 28.0 Å². The lowest BCUT2D eigenvalue weighted by atomic mass is 10.1. The van der Waals surface area contributed by atoms with Gasteiger partial charge in [0.25, 0.3) is 5.89 Å². The van der Waals surface area contributed by atoms with Crippen molar-refractivity contribution in [1.29, 1.82) is 0 Å². The van der Waals surface area contributed by atoms with Crippen molar-refractivity contribution >= 4 is 17.0 Å². The quantitative estimate of drug-likeness (QED) is 0.475. The van der Waals surface area contributed by atoms with Gasteiger partial charge in [-0.1, -0.05) is 17.7 Å². The number of nitrogens with zero attached hydrogens (tertiary/aromatic N) is 4. The Bertz CT molecular complexity index is 1200. The van der Waals surface area contributed by atoms with Crippen LogP contribution >= 0.6 is 0 Å². The molecule has 0 fully saturated rings. The van der Waals surface area contributed by atoms with Crippen molar-refractivity contribution in [3.8, 4) is 11.5 Å². The van der Waals surface area contributed by atoms with Crippen molar-refractivity contribution in [3.05, 3.63) is 70.9 Å². The topological polar surface area (TPSA) is 91.0 Å². The van der Waals surface area contributed by atoms with Crippen molar-refractivity contribution in [3.63, 3.8) is 0 Å². The van der Waals surface area contributed by atoms with Crippen LogP contribution in [0.25, 0.3) is 22.5 Å². The van der Waals surface area contributed by atoms with Gasteiger partial charge in [0.1, 0.15) is 0 Å². The fourth-order valence-corrected chi connectivity index (χ4v) is 2.85. The van der Waals surface area contributed by atoms with Crippen LogP contribution in [0.4, 0.5) is 0 Å². The van der Waals surface area contributed by atoms with Crippen molar-refractivity contribution in [2.24, 2.45) is 0 Å². The van der Waals surface area contributed by atoms with E-state index < -0.39 is 12.1 Å². The molecule has 1 atom stereocenters. The number of hydrogen-bond acceptors (Lipinski definition) is 7. The fourth-order valence-electron chi connectivity index (χ4n) is 2.85. The highest BCUT2D eigenvalue weighted by Gasteiger charge is 2.20. The maximum atomic E-state index is 12.6. The molecule has 2 aromatic heterocycles. The number of carbonyl (C=O) groups is 1. The molecule has 0 aliphatic carbocycles. The minimum Gasteiger partial charge on any atom is -0.449 e. The standard InChI is InChI=1S/C22H20N4O3/c1-12-5-7-16(8-6-12)21-26-25-20(29-21)15(4)28-22(27)17-9-10-18-19(11-17)24-14(3)13(2)23-18/h5-11,15H,1-4H3. The van der Waals surface area contributed by atoms with E-state index in [9.17, 15) is 4.79 Å². The normalized spacial score (nSPS) is 12.1. The first-order valence-electron chi connectivity index (χ1n) is 9.27. The highest BCUT2D eigenvalue weighted by Crippen LogP contribution is 2.24. The number of aryl methyl sites for hydroxylation is 3. The summed E-state index contributed by atoms with van der Waals surface area (Å²) in [7, 11) is 0. The highest BCUT2D eigenvalue weighted by atomic mass is 16.6. The lowest BCUT2D eigenvalue weighted by Gasteiger charge is -2.10. The van der Waals surface area contributed by atoms with E-state index in [4.69, 9.17) is 9.15 Å². The second kappa shape index (κ2) is 7.43. The van der Waals surface area contributed by atoms with Gasteiger partial charge in [-0.05, 0) is 58.0 Å². The SMILES string of the molecule is Cc1ccc(-c2nnc(C(C)OC(=O)c3ccc4nc(C)c(C)nc4c3)o2)cc1. The predicted molar refractivity (Wildman–Crippen MR) is 107 cm³/mol. The van der Waals surface area contributed by atoms with E-state index in [2.05, 4.69) is 20.2 Å². The third-order valence-electron chi connectivity index (χ3n) is 4.68. The van der Waals surface area contributed by atoms with Crippen molar-refractivity contribution < 1.29 is 13.9 Å². The number of aromatic nitrogens is 4. The van der Waals surface area contributed by atoms with E-state index in [1.54, 1.807) is 25.1 Å². The average molecular weight is 388 g/mol. The molecule has 0 aliphatic heterocycles. The van der Waals surface area contributed by atoms with Gasteiger partial charge in [-0.2, -0.15) is 0 Å². The smallest absolute Gasteiger partial charge is 0.338 e. The summed E-state index contributed by atoms with van der Waals surface area (Å²) in [4.78, 5) is 21.5. The molecule has 146 valence electrons. The largest absolute Gasteiger partial charge is 0.449 e. The lowest BCUT2D eigenvalue weighted by molar-refractivity contribution is 0.0280. The van der Waals surface area contributed by atoms with E-state index in [1.807, 2.05) is 45.0 Å². The molecular weight excluding hydrogens is 368 g/mol. The van der Waals surface area contributed by atoms with Crippen molar-refractivity contribution in [2.75, 3.05) is 0 Å². The van der Waals surface area contributed by atoms with E-state index in [-0.39, 0.29) is 5.89 Å². The molecule has 4 rings (SSSR count). The molecule has 1 unspecified atom stereocenters. The Balaban J connectivity index is 1.51. The molecule has 2 aromatic carbocycles. The van der Waals surface area contributed by atoms with Gasteiger partial charge in [0, 0.05) is 5.56 Å². The molecule has 0 amide bonds. The van der Waals surface area contributed by atoms with Gasteiger partial charge < -0.3 is 9.15 Å². The maximum Gasteiger partial charge on any atom is 0.338 e. The monoisotopic (exact) mass is 388 g/mol. The van der Waals surface area contributed by atoms with Gasteiger partial charge in [-0.25, -0.2) is 14.8 Å². The number of ether oxygens (including phenoxy) is 1. The first kappa shape index (κ1) is 18.7.